The van der Waals surface area contributed by atoms with Crippen LogP contribution in [-0.4, -0.2) is 95.9 Å². The average Bonchev–Trinajstić information content (AvgIpc) is 3.55. The zero-order chi connectivity index (χ0) is 68.1. The number of phosphoric acid groups is 2. The number of unbranched alkanes of at least 4 members (excludes halogenated alkanes) is 33. The molecule has 4 N–H and O–H groups in total. The van der Waals surface area contributed by atoms with E-state index in [-0.39, 0.29) is 19.3 Å². The predicted molar refractivity (Wildman–Crippen MR) is 381 cm³/mol. The Morgan fingerprint density at radius 1 is 0.312 bits per heavy atom. The Labute approximate surface area is 565 Å². The Hall–Kier alpha value is -3.27. The van der Waals surface area contributed by atoms with E-state index >= 15 is 0 Å². The molecule has 18 heteroatoms. The molecular weight excluding hydrogens is 1220 g/mol. The van der Waals surface area contributed by atoms with Crippen molar-refractivity contribution in [2.45, 2.75) is 334 Å². The third-order valence-electron chi connectivity index (χ3n) is 15.6. The Balaban J connectivity index is 4.37. The van der Waals surface area contributed by atoms with Crippen molar-refractivity contribution in [3.8, 4) is 0 Å². The third-order valence-corrected chi connectivity index (χ3v) is 17.5. The van der Waals surface area contributed by atoms with E-state index in [4.69, 9.17) is 32.3 Å². The van der Waals surface area contributed by atoms with Crippen molar-refractivity contribution in [3.63, 3.8) is 0 Å². The maximum absolute atomic E-state index is 12.9. The molecule has 0 radical (unpaired) electrons. The Morgan fingerprint density at radius 2 is 0.570 bits per heavy atom. The van der Waals surface area contributed by atoms with Crippen LogP contribution in [-0.2, 0) is 55.8 Å². The number of carbonyl (C=O) groups is 3. The summed E-state index contributed by atoms with van der Waals surface area (Å²) in [6, 6.07) is 0. The highest BCUT2D eigenvalue weighted by atomic mass is 31.2. The van der Waals surface area contributed by atoms with E-state index < -0.39 is 91.5 Å². The fourth-order valence-electron chi connectivity index (χ4n) is 9.94. The minimum absolute atomic E-state index is 0.0955. The Bertz CT molecular complexity index is 2040. The molecule has 0 saturated heterocycles. The number of ether oxygens (including phenoxy) is 3. The molecule has 0 rings (SSSR count). The van der Waals surface area contributed by atoms with Gasteiger partial charge < -0.3 is 34.2 Å². The van der Waals surface area contributed by atoms with Crippen LogP contribution in [0, 0.1) is 0 Å². The van der Waals surface area contributed by atoms with E-state index in [1.54, 1.807) is 0 Å². The third kappa shape index (κ3) is 69.9. The molecule has 0 fully saturated rings. The summed E-state index contributed by atoms with van der Waals surface area (Å²) in [4.78, 5) is 58.3. The first kappa shape index (κ1) is 89.7. The maximum atomic E-state index is 12.9. The molecule has 0 saturated carbocycles. The minimum Gasteiger partial charge on any atom is -0.463 e. The minimum atomic E-state index is -4.92. The maximum Gasteiger partial charge on any atom is 0.472 e. The van der Waals surface area contributed by atoms with Crippen LogP contribution in [0.4, 0.5) is 0 Å². The van der Waals surface area contributed by atoms with E-state index in [0.29, 0.717) is 19.3 Å². The molecule has 0 spiro atoms. The second-order valence-corrected chi connectivity index (χ2v) is 27.6. The van der Waals surface area contributed by atoms with Crippen molar-refractivity contribution in [3.05, 3.63) is 85.1 Å². The van der Waals surface area contributed by atoms with Gasteiger partial charge in [-0.1, -0.05) is 266 Å². The summed E-state index contributed by atoms with van der Waals surface area (Å²) in [5, 5.41) is 20.6. The van der Waals surface area contributed by atoms with Crippen LogP contribution in [0.25, 0.3) is 0 Å². The fourth-order valence-corrected chi connectivity index (χ4v) is 11.5. The number of aliphatic hydroxyl groups is 2. The fraction of sp³-hybridized carbons (Fsp3) is 0.773. The van der Waals surface area contributed by atoms with Gasteiger partial charge >= 0.3 is 33.6 Å². The average molecular weight is 1350 g/mol. The lowest BCUT2D eigenvalue weighted by molar-refractivity contribution is -0.161. The SMILES string of the molecule is CC/C=C\C/C=C\C/C=C\C/C=C\C/C=C\CCCCCCCCCCCCCCCCCC(=O)OCC(O)COP(=O)(O)OCC(O)COP(=O)(O)OCC(COC(=O)CCCCCCC/C=C\CCCCCC)OC(=O)CCCCCCC/C=C\CCCCCC. The number of carbonyl (C=O) groups excluding carboxylic acids is 3. The number of phosphoric ester groups is 2. The molecule has 0 aliphatic rings. The molecule has 0 aromatic rings. The summed E-state index contributed by atoms with van der Waals surface area (Å²) < 4.78 is 60.9. The molecule has 93 heavy (non-hydrogen) atoms. The van der Waals surface area contributed by atoms with Crippen LogP contribution in [0.2, 0.25) is 0 Å². The molecular formula is C75H134O16P2. The number of hydrogen-bond acceptors (Lipinski definition) is 14. The van der Waals surface area contributed by atoms with E-state index in [2.05, 4.69) is 106 Å². The molecule has 0 heterocycles. The van der Waals surface area contributed by atoms with Gasteiger partial charge in [0.15, 0.2) is 6.10 Å². The quantitative estimate of drug-likeness (QED) is 0.0146. The Kier molecular flexibility index (Phi) is 66.2. The number of esters is 3. The number of allylic oxidation sites excluding steroid dienone is 14. The summed E-state index contributed by atoms with van der Waals surface area (Å²) in [6.07, 6.45) is 75.1. The van der Waals surface area contributed by atoms with Crippen molar-refractivity contribution >= 4 is 33.6 Å². The van der Waals surface area contributed by atoms with Gasteiger partial charge in [-0.25, -0.2) is 9.13 Å². The van der Waals surface area contributed by atoms with E-state index in [1.807, 2.05) is 0 Å². The van der Waals surface area contributed by atoms with Crippen LogP contribution in [0.15, 0.2) is 85.1 Å². The Morgan fingerprint density at radius 3 is 0.914 bits per heavy atom. The molecule has 0 aliphatic carbocycles. The van der Waals surface area contributed by atoms with Crippen molar-refractivity contribution in [2.75, 3.05) is 39.6 Å². The molecule has 0 aromatic carbocycles. The van der Waals surface area contributed by atoms with Gasteiger partial charge in [-0.15, -0.1) is 0 Å². The monoisotopic (exact) mass is 1350 g/mol. The topological polar surface area (TPSA) is 231 Å². The standard InChI is InChI=1S/C75H134O16P2/c1-4-7-10-13-16-19-22-25-26-27-28-29-30-31-32-33-34-35-36-37-38-39-40-41-42-45-47-49-52-55-58-61-73(78)85-64-70(76)65-87-92(81,82)88-66-71(77)67-89-93(83,84)90-69-72(91-75(80)63-60-57-54-51-48-44-24-21-18-15-12-9-6-3)68-86-74(79)62-59-56-53-50-46-43-23-20-17-14-11-8-5-2/h7,10,16,19-21,23-26,28-29,31-32,70-72,76-77H,4-6,8-9,11-15,17-18,22,27,30,33-69H2,1-3H3,(H,81,82)(H,83,84)/b10-7-,19-16-,23-20-,24-21-,26-25-,29-28-,32-31-. The number of hydrogen-bond donors (Lipinski definition) is 4. The van der Waals surface area contributed by atoms with Gasteiger partial charge in [-0.2, -0.15) is 0 Å². The highest BCUT2D eigenvalue weighted by Crippen LogP contribution is 2.45. The lowest BCUT2D eigenvalue weighted by atomic mass is 10.0. The number of aliphatic hydroxyl groups excluding tert-OH is 2. The van der Waals surface area contributed by atoms with Gasteiger partial charge in [-0.3, -0.25) is 32.5 Å². The highest BCUT2D eigenvalue weighted by molar-refractivity contribution is 7.47. The molecule has 0 aromatic heterocycles. The van der Waals surface area contributed by atoms with Crippen molar-refractivity contribution in [2.24, 2.45) is 0 Å². The summed E-state index contributed by atoms with van der Waals surface area (Å²) in [5.41, 5.74) is 0. The molecule has 5 atom stereocenters. The zero-order valence-corrected chi connectivity index (χ0v) is 60.5. The second-order valence-electron chi connectivity index (χ2n) is 24.7. The number of rotatable bonds is 70. The van der Waals surface area contributed by atoms with Crippen LogP contribution < -0.4 is 0 Å². The molecule has 540 valence electrons. The van der Waals surface area contributed by atoms with Crippen molar-refractivity contribution in [1.29, 1.82) is 0 Å². The second kappa shape index (κ2) is 68.7. The summed E-state index contributed by atoms with van der Waals surface area (Å²) in [5.74, 6) is -1.58. The predicted octanol–water partition coefficient (Wildman–Crippen LogP) is 20.9. The lowest BCUT2D eigenvalue weighted by Gasteiger charge is -2.21. The van der Waals surface area contributed by atoms with Gasteiger partial charge in [0.1, 0.15) is 25.4 Å². The summed E-state index contributed by atoms with van der Waals surface area (Å²) in [7, 11) is -9.77. The van der Waals surface area contributed by atoms with Gasteiger partial charge in [0, 0.05) is 19.3 Å². The largest absolute Gasteiger partial charge is 0.472 e. The van der Waals surface area contributed by atoms with E-state index in [9.17, 15) is 43.5 Å². The van der Waals surface area contributed by atoms with Gasteiger partial charge in [-0.05, 0) is 116 Å². The smallest absolute Gasteiger partial charge is 0.463 e. The first-order valence-electron chi connectivity index (χ1n) is 36.9. The molecule has 0 aliphatic heterocycles. The summed E-state index contributed by atoms with van der Waals surface area (Å²) >= 11 is 0. The molecule has 5 unspecified atom stereocenters. The van der Waals surface area contributed by atoms with Crippen LogP contribution in [0.5, 0.6) is 0 Å². The van der Waals surface area contributed by atoms with Gasteiger partial charge in [0.2, 0.25) is 0 Å². The highest BCUT2D eigenvalue weighted by Gasteiger charge is 2.29. The normalized spacial score (nSPS) is 14.6. The van der Waals surface area contributed by atoms with Crippen LogP contribution >= 0.6 is 15.6 Å². The first-order valence-corrected chi connectivity index (χ1v) is 39.9. The first-order chi connectivity index (χ1) is 45.2. The zero-order valence-electron chi connectivity index (χ0n) is 58.7. The van der Waals surface area contributed by atoms with Gasteiger partial charge in [0.25, 0.3) is 0 Å². The molecule has 16 nitrogen and oxygen atoms in total. The summed E-state index contributed by atoms with van der Waals surface area (Å²) in [6.45, 7) is 2.53. The van der Waals surface area contributed by atoms with Crippen LogP contribution in [0.1, 0.15) is 316 Å². The van der Waals surface area contributed by atoms with E-state index in [0.717, 1.165) is 128 Å². The van der Waals surface area contributed by atoms with Crippen molar-refractivity contribution < 1.29 is 75.8 Å². The van der Waals surface area contributed by atoms with Crippen molar-refractivity contribution in [1.82, 2.24) is 0 Å². The van der Waals surface area contributed by atoms with Crippen LogP contribution in [0.3, 0.4) is 0 Å². The molecule has 0 amide bonds. The lowest BCUT2D eigenvalue weighted by Crippen LogP contribution is -2.30. The van der Waals surface area contributed by atoms with Gasteiger partial charge in [0.05, 0.1) is 26.4 Å². The van der Waals surface area contributed by atoms with E-state index in [1.165, 1.54) is 128 Å². The molecule has 0 bridgehead atoms.